The van der Waals surface area contributed by atoms with E-state index >= 15 is 0 Å². The molecule has 10 nitrogen and oxygen atoms in total. The van der Waals surface area contributed by atoms with Crippen LogP contribution in [0.2, 0.25) is 0 Å². The summed E-state index contributed by atoms with van der Waals surface area (Å²) in [6, 6.07) is 1.95. The highest BCUT2D eigenvalue weighted by Crippen LogP contribution is 2.31. The van der Waals surface area contributed by atoms with Gasteiger partial charge < -0.3 is 15.0 Å². The first-order chi connectivity index (χ1) is 15.4. The minimum absolute atomic E-state index is 0.499. The van der Waals surface area contributed by atoms with Crippen LogP contribution in [0.3, 0.4) is 0 Å². The fraction of sp³-hybridized carbons (Fsp3) is 0.273. The van der Waals surface area contributed by atoms with Gasteiger partial charge in [-0.25, -0.2) is 4.52 Å². The van der Waals surface area contributed by atoms with Crippen LogP contribution in [0.4, 0.5) is 0 Å². The molecule has 4 heterocycles. The van der Waals surface area contributed by atoms with Gasteiger partial charge in [-0.2, -0.15) is 15.3 Å². The van der Waals surface area contributed by atoms with Crippen molar-refractivity contribution in [2.75, 3.05) is 13.7 Å². The Kier molecular flexibility index (Phi) is 5.67. The molecule has 0 bridgehead atoms. The van der Waals surface area contributed by atoms with Crippen LogP contribution >= 0.6 is 0 Å². The second kappa shape index (κ2) is 8.58. The maximum Gasteiger partial charge on any atom is 0.145 e. The average Bonchev–Trinajstić information content (AvgIpc) is 3.49. The molecular weight excluding hydrogens is 408 g/mol. The van der Waals surface area contributed by atoms with Crippen LogP contribution in [0.5, 0.6) is 5.75 Å². The first kappa shape index (κ1) is 21.2. The molecule has 0 aromatic carbocycles. The van der Waals surface area contributed by atoms with Gasteiger partial charge in [0.15, 0.2) is 0 Å². The Bertz CT molecular complexity index is 1280. The van der Waals surface area contributed by atoms with E-state index in [1.54, 1.807) is 39.9 Å². The minimum Gasteiger partial charge on any atom is -0.494 e. The SMILES string of the molecule is C=NN(/C=C(\N)c1cnn2cc(-c3cnn(C)c3)cc(OC)c12)CCc1c(C)noc1C. The van der Waals surface area contributed by atoms with Crippen molar-refractivity contribution in [1.29, 1.82) is 0 Å². The number of ether oxygens (including phenoxy) is 1. The molecule has 0 amide bonds. The van der Waals surface area contributed by atoms with Gasteiger partial charge in [0.25, 0.3) is 0 Å². The molecule has 166 valence electrons. The molecule has 0 aliphatic carbocycles. The lowest BCUT2D eigenvalue weighted by atomic mass is 10.1. The Morgan fingerprint density at radius 2 is 2.09 bits per heavy atom. The van der Waals surface area contributed by atoms with E-state index < -0.39 is 0 Å². The summed E-state index contributed by atoms with van der Waals surface area (Å²) in [4.78, 5) is 0. The van der Waals surface area contributed by atoms with Crippen molar-refractivity contribution in [2.24, 2.45) is 17.9 Å². The van der Waals surface area contributed by atoms with E-state index in [-0.39, 0.29) is 0 Å². The van der Waals surface area contributed by atoms with Gasteiger partial charge in [-0.1, -0.05) is 5.16 Å². The predicted octanol–water partition coefficient (Wildman–Crippen LogP) is 2.77. The molecule has 0 fully saturated rings. The van der Waals surface area contributed by atoms with Crippen LogP contribution in [0.25, 0.3) is 22.3 Å². The number of nitrogens with zero attached hydrogens (tertiary/aromatic N) is 7. The maximum atomic E-state index is 6.45. The number of aryl methyl sites for hydroxylation is 3. The Labute approximate surface area is 185 Å². The number of hydrogen-bond donors (Lipinski definition) is 1. The molecule has 0 spiro atoms. The van der Waals surface area contributed by atoms with Gasteiger partial charge in [0.2, 0.25) is 0 Å². The van der Waals surface area contributed by atoms with Crippen molar-refractivity contribution >= 4 is 17.9 Å². The third kappa shape index (κ3) is 3.94. The van der Waals surface area contributed by atoms with Crippen LogP contribution in [-0.2, 0) is 13.5 Å². The van der Waals surface area contributed by atoms with E-state index in [4.69, 9.17) is 15.0 Å². The van der Waals surface area contributed by atoms with Crippen molar-refractivity contribution < 1.29 is 9.26 Å². The zero-order valence-corrected chi connectivity index (χ0v) is 18.6. The Hall–Kier alpha value is -4.08. The van der Waals surface area contributed by atoms with Crippen LogP contribution in [0, 0.1) is 13.8 Å². The predicted molar refractivity (Wildman–Crippen MR) is 122 cm³/mol. The zero-order chi connectivity index (χ0) is 22.8. The van der Waals surface area contributed by atoms with Gasteiger partial charge in [-0.05, 0) is 26.3 Å². The summed E-state index contributed by atoms with van der Waals surface area (Å²) in [5.74, 6) is 1.46. The normalized spacial score (nSPS) is 11.8. The van der Waals surface area contributed by atoms with Crippen molar-refractivity contribution in [1.82, 2.24) is 29.6 Å². The molecule has 0 aliphatic heterocycles. The fourth-order valence-electron chi connectivity index (χ4n) is 3.67. The molecule has 4 aromatic rings. The summed E-state index contributed by atoms with van der Waals surface area (Å²) in [5.41, 5.74) is 12.3. The van der Waals surface area contributed by atoms with Gasteiger partial charge in [-0.15, -0.1) is 0 Å². The average molecular weight is 435 g/mol. The van der Waals surface area contributed by atoms with Crippen LogP contribution in [-0.4, -0.2) is 49.9 Å². The third-order valence-corrected chi connectivity index (χ3v) is 5.39. The smallest absolute Gasteiger partial charge is 0.145 e. The van der Waals surface area contributed by atoms with Crippen molar-refractivity contribution in [3.63, 3.8) is 0 Å². The number of aromatic nitrogens is 5. The molecule has 0 atom stereocenters. The molecule has 4 aromatic heterocycles. The van der Waals surface area contributed by atoms with Gasteiger partial charge >= 0.3 is 0 Å². The van der Waals surface area contributed by atoms with E-state index in [1.807, 2.05) is 39.4 Å². The number of rotatable bonds is 8. The van der Waals surface area contributed by atoms with Gasteiger partial charge in [0.05, 0.1) is 30.9 Å². The van der Waals surface area contributed by atoms with Crippen LogP contribution in [0.1, 0.15) is 22.6 Å². The van der Waals surface area contributed by atoms with E-state index in [0.717, 1.165) is 39.2 Å². The Morgan fingerprint density at radius 1 is 1.28 bits per heavy atom. The summed E-state index contributed by atoms with van der Waals surface area (Å²) in [7, 11) is 3.50. The first-order valence-electron chi connectivity index (χ1n) is 10.1. The lowest BCUT2D eigenvalue weighted by Gasteiger charge is -2.15. The lowest BCUT2D eigenvalue weighted by Crippen LogP contribution is -2.16. The summed E-state index contributed by atoms with van der Waals surface area (Å²) in [6.07, 6.45) is 9.82. The summed E-state index contributed by atoms with van der Waals surface area (Å²) < 4.78 is 14.4. The van der Waals surface area contributed by atoms with Gasteiger partial charge in [0.1, 0.15) is 17.0 Å². The molecule has 0 saturated carbocycles. The third-order valence-electron chi connectivity index (χ3n) is 5.39. The Balaban J connectivity index is 1.64. The maximum absolute atomic E-state index is 6.45. The molecule has 0 radical (unpaired) electrons. The highest BCUT2D eigenvalue weighted by molar-refractivity contribution is 5.82. The topological polar surface area (TPSA) is 112 Å². The first-order valence-corrected chi connectivity index (χ1v) is 10.1. The van der Waals surface area contributed by atoms with Crippen molar-refractivity contribution in [2.45, 2.75) is 20.3 Å². The minimum atomic E-state index is 0.499. The number of pyridine rings is 1. The van der Waals surface area contributed by atoms with Crippen LogP contribution in [0.15, 0.2) is 46.7 Å². The number of hydrogen-bond acceptors (Lipinski definition) is 8. The second-order valence-corrected chi connectivity index (χ2v) is 7.49. The fourth-order valence-corrected chi connectivity index (χ4v) is 3.67. The summed E-state index contributed by atoms with van der Waals surface area (Å²) >= 11 is 0. The molecule has 0 saturated heterocycles. The number of nitrogens with two attached hydrogens (primary N) is 1. The van der Waals surface area contributed by atoms with Crippen molar-refractivity contribution in [3.05, 3.63) is 59.6 Å². The number of methoxy groups -OCH3 is 1. The summed E-state index contributed by atoms with van der Waals surface area (Å²) in [6.45, 7) is 8.07. The lowest BCUT2D eigenvalue weighted by molar-refractivity contribution is 0.388. The van der Waals surface area contributed by atoms with E-state index in [2.05, 4.69) is 27.2 Å². The van der Waals surface area contributed by atoms with Gasteiger partial charge in [-0.3, -0.25) is 9.69 Å². The quantitative estimate of drug-likeness (QED) is 0.335. The van der Waals surface area contributed by atoms with E-state index in [9.17, 15) is 0 Å². The highest BCUT2D eigenvalue weighted by Gasteiger charge is 2.16. The number of hydrazone groups is 1. The standard InChI is InChI=1S/C22H26N8O2/c1-14-18(15(2)32-27-14)6-7-29(24-3)13-20(23)19-10-26-30-12-16(8-21(31-5)22(19)30)17-9-25-28(4)11-17/h8-13H,3,6-7,23H2,1-2,4-5H3/b20-13-. The molecule has 10 heteroatoms. The van der Waals surface area contributed by atoms with Crippen LogP contribution < -0.4 is 10.5 Å². The molecule has 0 unspecified atom stereocenters. The molecule has 2 N–H and O–H groups in total. The summed E-state index contributed by atoms with van der Waals surface area (Å²) in [5, 5.41) is 18.5. The van der Waals surface area contributed by atoms with E-state index in [0.29, 0.717) is 24.4 Å². The van der Waals surface area contributed by atoms with E-state index in [1.165, 1.54) is 0 Å². The second-order valence-electron chi connectivity index (χ2n) is 7.49. The molecule has 32 heavy (non-hydrogen) atoms. The number of fused-ring (bicyclic) bond motifs is 1. The van der Waals surface area contributed by atoms with Gasteiger partial charge in [0, 0.05) is 61.2 Å². The molecule has 4 rings (SSSR count). The highest BCUT2D eigenvalue weighted by atomic mass is 16.5. The zero-order valence-electron chi connectivity index (χ0n) is 18.6. The molecular formula is C22H26N8O2. The van der Waals surface area contributed by atoms with Crippen molar-refractivity contribution in [3.8, 4) is 16.9 Å². The monoisotopic (exact) mass is 434 g/mol. The Morgan fingerprint density at radius 3 is 2.72 bits per heavy atom. The largest absolute Gasteiger partial charge is 0.494 e. The molecule has 0 aliphatic rings.